The Bertz CT molecular complexity index is 373. The van der Waals surface area contributed by atoms with E-state index in [0.29, 0.717) is 12.0 Å². The zero-order valence-corrected chi connectivity index (χ0v) is 12.0. The van der Waals surface area contributed by atoms with E-state index in [2.05, 4.69) is 37.4 Å². The van der Waals surface area contributed by atoms with Crippen LogP contribution in [0.4, 0.5) is 0 Å². The van der Waals surface area contributed by atoms with Gasteiger partial charge in [-0.25, -0.2) is 0 Å². The summed E-state index contributed by atoms with van der Waals surface area (Å²) in [7, 11) is 0. The first-order valence-electron chi connectivity index (χ1n) is 7.30. The Morgan fingerprint density at radius 1 is 1.26 bits per heavy atom. The van der Waals surface area contributed by atoms with E-state index in [1.807, 2.05) is 6.07 Å². The average Bonchev–Trinajstić information content (AvgIpc) is 2.45. The molecule has 0 amide bonds. The van der Waals surface area contributed by atoms with Gasteiger partial charge in [-0.05, 0) is 30.4 Å². The first kappa shape index (κ1) is 14.4. The monoisotopic (exact) mass is 263 g/mol. The third kappa shape index (κ3) is 4.51. The van der Waals surface area contributed by atoms with Crippen molar-refractivity contribution in [1.82, 2.24) is 5.32 Å². The lowest BCUT2D eigenvalue weighted by Crippen LogP contribution is -2.37. The van der Waals surface area contributed by atoms with Gasteiger partial charge in [0.05, 0.1) is 0 Å². The van der Waals surface area contributed by atoms with Crippen LogP contribution in [0.5, 0.6) is 5.75 Å². The van der Waals surface area contributed by atoms with Crippen molar-refractivity contribution in [1.29, 1.82) is 0 Å². The van der Waals surface area contributed by atoms with Gasteiger partial charge in [0.25, 0.3) is 0 Å². The first-order valence-corrected chi connectivity index (χ1v) is 7.30. The molecule has 1 aromatic carbocycles. The molecule has 0 atom stereocenters. The van der Waals surface area contributed by atoms with Crippen molar-refractivity contribution >= 4 is 0 Å². The molecule has 0 saturated carbocycles. The predicted octanol–water partition coefficient (Wildman–Crippen LogP) is 2.96. The second kappa shape index (κ2) is 7.51. The molecule has 2 rings (SSSR count). The Morgan fingerprint density at radius 3 is 2.74 bits per heavy atom. The highest BCUT2D eigenvalue weighted by Gasteiger charge is 2.12. The zero-order valence-electron chi connectivity index (χ0n) is 12.0. The molecule has 1 fully saturated rings. The number of nitrogens with one attached hydrogen (secondary N) is 1. The molecule has 1 aromatic rings. The van der Waals surface area contributed by atoms with Gasteiger partial charge in [0, 0.05) is 25.8 Å². The largest absolute Gasteiger partial charge is 0.492 e. The standard InChI is InChI=1S/C16H25NO2/c1-13(2)15-5-3-4-6-16(15)19-12-9-17-14-7-10-18-11-8-14/h3-6,13-14,17H,7-12H2,1-2H3. The summed E-state index contributed by atoms with van der Waals surface area (Å²) < 4.78 is 11.2. The van der Waals surface area contributed by atoms with Crippen molar-refractivity contribution < 1.29 is 9.47 Å². The minimum Gasteiger partial charge on any atom is -0.492 e. The Morgan fingerprint density at radius 2 is 2.00 bits per heavy atom. The van der Waals surface area contributed by atoms with E-state index in [4.69, 9.17) is 9.47 Å². The van der Waals surface area contributed by atoms with E-state index in [1.165, 1.54) is 5.56 Å². The van der Waals surface area contributed by atoms with Crippen molar-refractivity contribution in [3.8, 4) is 5.75 Å². The van der Waals surface area contributed by atoms with E-state index in [9.17, 15) is 0 Å². The van der Waals surface area contributed by atoms with Crippen molar-refractivity contribution in [2.45, 2.75) is 38.6 Å². The normalized spacial score (nSPS) is 16.8. The van der Waals surface area contributed by atoms with E-state index >= 15 is 0 Å². The summed E-state index contributed by atoms with van der Waals surface area (Å²) in [5.41, 5.74) is 1.29. The Hall–Kier alpha value is -1.06. The van der Waals surface area contributed by atoms with Crippen LogP contribution in [0.3, 0.4) is 0 Å². The second-order valence-corrected chi connectivity index (χ2v) is 5.38. The SMILES string of the molecule is CC(C)c1ccccc1OCCNC1CCOCC1. The summed E-state index contributed by atoms with van der Waals surface area (Å²) in [5.74, 6) is 1.52. The maximum Gasteiger partial charge on any atom is 0.122 e. The van der Waals surface area contributed by atoms with Crippen molar-refractivity contribution in [3.05, 3.63) is 29.8 Å². The fraction of sp³-hybridized carbons (Fsp3) is 0.625. The van der Waals surface area contributed by atoms with Gasteiger partial charge in [0.2, 0.25) is 0 Å². The molecule has 19 heavy (non-hydrogen) atoms. The number of hydrogen-bond donors (Lipinski definition) is 1. The molecule has 0 aliphatic carbocycles. The van der Waals surface area contributed by atoms with Gasteiger partial charge in [-0.3, -0.25) is 0 Å². The van der Waals surface area contributed by atoms with Crippen LogP contribution in [0.2, 0.25) is 0 Å². The summed E-state index contributed by atoms with van der Waals surface area (Å²) in [6, 6.07) is 8.91. The summed E-state index contributed by atoms with van der Waals surface area (Å²) in [6.07, 6.45) is 2.23. The second-order valence-electron chi connectivity index (χ2n) is 5.38. The maximum atomic E-state index is 5.90. The maximum absolute atomic E-state index is 5.90. The highest BCUT2D eigenvalue weighted by molar-refractivity contribution is 5.35. The number of rotatable bonds is 6. The number of ether oxygens (including phenoxy) is 2. The number of para-hydroxylation sites is 1. The van der Waals surface area contributed by atoms with Crippen molar-refractivity contribution in [3.63, 3.8) is 0 Å². The Labute approximate surface area is 116 Å². The van der Waals surface area contributed by atoms with E-state index in [0.717, 1.165) is 45.0 Å². The molecule has 0 unspecified atom stereocenters. The van der Waals surface area contributed by atoms with Gasteiger partial charge in [0.1, 0.15) is 12.4 Å². The first-order chi connectivity index (χ1) is 9.27. The minimum atomic E-state index is 0.500. The molecule has 1 heterocycles. The van der Waals surface area contributed by atoms with Crippen molar-refractivity contribution in [2.24, 2.45) is 0 Å². The van der Waals surface area contributed by atoms with E-state index in [-0.39, 0.29) is 0 Å². The van der Waals surface area contributed by atoms with Gasteiger partial charge >= 0.3 is 0 Å². The van der Waals surface area contributed by atoms with E-state index in [1.54, 1.807) is 0 Å². The van der Waals surface area contributed by atoms with Crippen LogP contribution in [-0.2, 0) is 4.74 Å². The molecule has 1 aliphatic heterocycles. The van der Waals surface area contributed by atoms with Gasteiger partial charge in [-0.15, -0.1) is 0 Å². The summed E-state index contributed by atoms with van der Waals surface area (Å²) >= 11 is 0. The molecular formula is C16H25NO2. The lowest BCUT2D eigenvalue weighted by molar-refractivity contribution is 0.0770. The third-order valence-electron chi connectivity index (χ3n) is 3.55. The topological polar surface area (TPSA) is 30.5 Å². The Kier molecular flexibility index (Phi) is 5.67. The molecular weight excluding hydrogens is 238 g/mol. The molecule has 1 saturated heterocycles. The lowest BCUT2D eigenvalue weighted by Gasteiger charge is -2.23. The van der Waals surface area contributed by atoms with Gasteiger partial charge < -0.3 is 14.8 Å². The van der Waals surface area contributed by atoms with Crippen LogP contribution in [0.15, 0.2) is 24.3 Å². The molecule has 1 N–H and O–H groups in total. The van der Waals surface area contributed by atoms with Crippen LogP contribution in [0.1, 0.15) is 38.2 Å². The average molecular weight is 263 g/mol. The third-order valence-corrected chi connectivity index (χ3v) is 3.55. The van der Waals surface area contributed by atoms with Gasteiger partial charge in [-0.1, -0.05) is 32.0 Å². The summed E-state index contributed by atoms with van der Waals surface area (Å²) in [5, 5.41) is 3.54. The molecule has 0 spiro atoms. The lowest BCUT2D eigenvalue weighted by atomic mass is 10.0. The predicted molar refractivity (Wildman–Crippen MR) is 77.9 cm³/mol. The minimum absolute atomic E-state index is 0.500. The molecule has 0 aromatic heterocycles. The molecule has 3 nitrogen and oxygen atoms in total. The summed E-state index contributed by atoms with van der Waals surface area (Å²) in [4.78, 5) is 0. The molecule has 0 radical (unpaired) electrons. The summed E-state index contributed by atoms with van der Waals surface area (Å²) in [6.45, 7) is 7.78. The molecule has 0 bridgehead atoms. The van der Waals surface area contributed by atoms with Crippen molar-refractivity contribution in [2.75, 3.05) is 26.4 Å². The van der Waals surface area contributed by atoms with Crippen LogP contribution >= 0.6 is 0 Å². The van der Waals surface area contributed by atoms with Crippen LogP contribution in [0, 0.1) is 0 Å². The van der Waals surface area contributed by atoms with Crippen LogP contribution < -0.4 is 10.1 Å². The molecule has 3 heteroatoms. The van der Waals surface area contributed by atoms with Crippen LogP contribution in [0.25, 0.3) is 0 Å². The zero-order chi connectivity index (χ0) is 13.5. The smallest absolute Gasteiger partial charge is 0.122 e. The van der Waals surface area contributed by atoms with Gasteiger partial charge in [-0.2, -0.15) is 0 Å². The highest BCUT2D eigenvalue weighted by Crippen LogP contribution is 2.25. The van der Waals surface area contributed by atoms with Gasteiger partial charge in [0.15, 0.2) is 0 Å². The quantitative estimate of drug-likeness (QED) is 0.800. The Balaban J connectivity index is 1.73. The molecule has 1 aliphatic rings. The fourth-order valence-electron chi connectivity index (χ4n) is 2.41. The number of benzene rings is 1. The fourth-order valence-corrected chi connectivity index (χ4v) is 2.41. The van der Waals surface area contributed by atoms with Crippen LogP contribution in [-0.4, -0.2) is 32.4 Å². The molecule has 106 valence electrons. The highest BCUT2D eigenvalue weighted by atomic mass is 16.5. The van der Waals surface area contributed by atoms with E-state index < -0.39 is 0 Å². The number of hydrogen-bond acceptors (Lipinski definition) is 3.